The second kappa shape index (κ2) is 12.1. The Labute approximate surface area is 212 Å². The number of hydrogen-bond acceptors (Lipinski definition) is 6. The van der Waals surface area contributed by atoms with Gasteiger partial charge in [0.1, 0.15) is 11.8 Å². The number of rotatable bonds is 10. The van der Waals surface area contributed by atoms with E-state index < -0.39 is 12.0 Å². The van der Waals surface area contributed by atoms with E-state index in [9.17, 15) is 9.59 Å². The van der Waals surface area contributed by atoms with Crippen LogP contribution in [0.5, 0.6) is 5.75 Å². The number of carbonyl (C=O) groups excluding carboxylic acids is 2. The highest BCUT2D eigenvalue weighted by molar-refractivity contribution is 6.10. The minimum Gasteiger partial charge on any atom is -0.495 e. The molecule has 8 nitrogen and oxygen atoms in total. The fourth-order valence-electron chi connectivity index (χ4n) is 4.81. The third kappa shape index (κ3) is 5.71. The molecule has 3 aromatic rings. The van der Waals surface area contributed by atoms with Crippen molar-refractivity contribution in [2.75, 3.05) is 46.6 Å². The Morgan fingerprint density at radius 2 is 1.81 bits per heavy atom. The Morgan fingerprint density at radius 3 is 2.50 bits per heavy atom. The number of esters is 1. The summed E-state index contributed by atoms with van der Waals surface area (Å²) in [7, 11) is 1.64. The molecule has 192 valence electrons. The second-order valence-electron chi connectivity index (χ2n) is 8.89. The maximum absolute atomic E-state index is 13.7. The number of aromatic nitrogens is 1. The molecule has 1 fully saturated rings. The fraction of sp³-hybridized carbons (Fsp3) is 0.429. The van der Waals surface area contributed by atoms with Gasteiger partial charge in [0.25, 0.3) is 5.91 Å². The number of para-hydroxylation sites is 1. The lowest BCUT2D eigenvalue weighted by atomic mass is 10.0. The van der Waals surface area contributed by atoms with E-state index in [0.717, 1.165) is 55.0 Å². The molecule has 0 bridgehead atoms. The molecular weight excluding hydrogens is 458 g/mol. The molecule has 1 unspecified atom stereocenters. The first-order valence-electron chi connectivity index (χ1n) is 12.5. The highest BCUT2D eigenvalue weighted by Gasteiger charge is 2.28. The lowest BCUT2D eigenvalue weighted by Crippen LogP contribution is -2.43. The van der Waals surface area contributed by atoms with Gasteiger partial charge >= 0.3 is 5.97 Å². The predicted octanol–water partition coefficient (Wildman–Crippen LogP) is 3.19. The van der Waals surface area contributed by atoms with Crippen LogP contribution in [-0.4, -0.2) is 74.0 Å². The van der Waals surface area contributed by atoms with Crippen LogP contribution < -0.4 is 10.1 Å². The average molecular weight is 494 g/mol. The molecular formula is C28H35N3O5. The minimum atomic E-state index is -0.795. The molecule has 2 aromatic carbocycles. The van der Waals surface area contributed by atoms with Crippen LogP contribution in [0, 0.1) is 6.92 Å². The Balaban J connectivity index is 1.65. The zero-order valence-electron chi connectivity index (χ0n) is 21.3. The van der Waals surface area contributed by atoms with Crippen LogP contribution in [0.15, 0.2) is 48.5 Å². The number of methoxy groups -OCH3 is 1. The first kappa shape index (κ1) is 25.7. The monoisotopic (exact) mass is 493 g/mol. The molecule has 1 N–H and O–H groups in total. The SMILES string of the molecule is CCOC(=O)C(Cc1ccccc1)NC(=O)c1c(C)n(CCN2CCOCC2)c2c(OC)cccc12. The molecule has 2 heterocycles. The van der Waals surface area contributed by atoms with E-state index in [1.54, 1.807) is 14.0 Å². The third-order valence-electron chi connectivity index (χ3n) is 6.65. The Hall–Kier alpha value is -3.36. The number of benzene rings is 2. The van der Waals surface area contributed by atoms with Crippen molar-refractivity contribution in [1.82, 2.24) is 14.8 Å². The van der Waals surface area contributed by atoms with E-state index >= 15 is 0 Å². The summed E-state index contributed by atoms with van der Waals surface area (Å²) in [6.07, 6.45) is 0.351. The van der Waals surface area contributed by atoms with Gasteiger partial charge in [-0.2, -0.15) is 0 Å². The molecule has 1 amide bonds. The zero-order valence-corrected chi connectivity index (χ0v) is 21.3. The number of hydrogen-bond donors (Lipinski definition) is 1. The van der Waals surface area contributed by atoms with Gasteiger partial charge in [0.15, 0.2) is 0 Å². The maximum Gasteiger partial charge on any atom is 0.328 e. The van der Waals surface area contributed by atoms with Crippen molar-refractivity contribution in [3.63, 3.8) is 0 Å². The smallest absolute Gasteiger partial charge is 0.328 e. The first-order chi connectivity index (χ1) is 17.5. The molecule has 4 rings (SSSR count). The number of nitrogens with zero attached hydrogens (tertiary/aromatic N) is 2. The van der Waals surface area contributed by atoms with Gasteiger partial charge in [-0.25, -0.2) is 4.79 Å². The summed E-state index contributed by atoms with van der Waals surface area (Å²) >= 11 is 0. The molecule has 0 saturated carbocycles. The largest absolute Gasteiger partial charge is 0.495 e. The molecule has 1 aliphatic rings. The van der Waals surface area contributed by atoms with Crippen molar-refractivity contribution >= 4 is 22.8 Å². The number of amides is 1. The van der Waals surface area contributed by atoms with Gasteiger partial charge in [-0.1, -0.05) is 42.5 Å². The summed E-state index contributed by atoms with van der Waals surface area (Å²) in [5, 5.41) is 3.76. The molecule has 0 radical (unpaired) electrons. The summed E-state index contributed by atoms with van der Waals surface area (Å²) in [4.78, 5) is 28.8. The van der Waals surface area contributed by atoms with E-state index in [1.165, 1.54) is 0 Å². The Bertz CT molecular complexity index is 1180. The van der Waals surface area contributed by atoms with Crippen molar-refractivity contribution in [1.29, 1.82) is 0 Å². The normalized spacial score (nSPS) is 15.0. The highest BCUT2D eigenvalue weighted by atomic mass is 16.5. The highest BCUT2D eigenvalue weighted by Crippen LogP contribution is 2.33. The van der Waals surface area contributed by atoms with E-state index in [-0.39, 0.29) is 12.5 Å². The van der Waals surface area contributed by atoms with E-state index in [1.807, 2.05) is 55.5 Å². The van der Waals surface area contributed by atoms with Gasteiger partial charge in [-0.05, 0) is 25.5 Å². The average Bonchev–Trinajstić information content (AvgIpc) is 3.19. The van der Waals surface area contributed by atoms with Crippen molar-refractivity contribution in [2.45, 2.75) is 32.9 Å². The van der Waals surface area contributed by atoms with Crippen molar-refractivity contribution in [3.8, 4) is 5.75 Å². The van der Waals surface area contributed by atoms with Crippen molar-refractivity contribution in [2.24, 2.45) is 0 Å². The van der Waals surface area contributed by atoms with Crippen LogP contribution in [0.2, 0.25) is 0 Å². The number of fused-ring (bicyclic) bond motifs is 1. The van der Waals surface area contributed by atoms with Crippen LogP contribution in [0.1, 0.15) is 28.5 Å². The van der Waals surface area contributed by atoms with Crippen LogP contribution in [0.4, 0.5) is 0 Å². The molecule has 1 saturated heterocycles. The van der Waals surface area contributed by atoms with Gasteiger partial charge in [0.2, 0.25) is 0 Å². The summed E-state index contributed by atoms with van der Waals surface area (Å²) in [6.45, 7) is 8.76. The number of morpholine rings is 1. The van der Waals surface area contributed by atoms with Crippen LogP contribution in [-0.2, 0) is 27.2 Å². The lowest BCUT2D eigenvalue weighted by Gasteiger charge is -2.27. The minimum absolute atomic E-state index is 0.247. The summed E-state index contributed by atoms with van der Waals surface area (Å²) in [5.41, 5.74) is 3.21. The van der Waals surface area contributed by atoms with Gasteiger partial charge in [0.05, 0.1) is 38.0 Å². The molecule has 36 heavy (non-hydrogen) atoms. The molecule has 0 spiro atoms. The molecule has 0 aliphatic carbocycles. The lowest BCUT2D eigenvalue weighted by molar-refractivity contribution is -0.145. The molecule has 1 atom stereocenters. The van der Waals surface area contributed by atoms with Crippen molar-refractivity contribution < 1.29 is 23.8 Å². The summed E-state index contributed by atoms with van der Waals surface area (Å²) < 4.78 is 18.6. The van der Waals surface area contributed by atoms with Crippen molar-refractivity contribution in [3.05, 3.63) is 65.4 Å². The molecule has 8 heteroatoms. The zero-order chi connectivity index (χ0) is 25.5. The van der Waals surface area contributed by atoms with Gasteiger partial charge < -0.3 is 24.1 Å². The summed E-state index contributed by atoms with van der Waals surface area (Å²) in [6, 6.07) is 14.6. The van der Waals surface area contributed by atoms with E-state index in [0.29, 0.717) is 24.3 Å². The van der Waals surface area contributed by atoms with E-state index in [2.05, 4.69) is 14.8 Å². The van der Waals surface area contributed by atoms with Gasteiger partial charge in [-0.15, -0.1) is 0 Å². The third-order valence-corrected chi connectivity index (χ3v) is 6.65. The van der Waals surface area contributed by atoms with Crippen LogP contribution in [0.25, 0.3) is 10.9 Å². The van der Waals surface area contributed by atoms with Crippen LogP contribution >= 0.6 is 0 Å². The second-order valence-corrected chi connectivity index (χ2v) is 8.89. The quantitative estimate of drug-likeness (QED) is 0.437. The number of ether oxygens (including phenoxy) is 3. The topological polar surface area (TPSA) is 82.0 Å². The predicted molar refractivity (Wildman–Crippen MR) is 139 cm³/mol. The van der Waals surface area contributed by atoms with Crippen LogP contribution in [0.3, 0.4) is 0 Å². The molecule has 1 aromatic heterocycles. The first-order valence-corrected chi connectivity index (χ1v) is 12.5. The Kier molecular flexibility index (Phi) is 8.61. The van der Waals surface area contributed by atoms with E-state index in [4.69, 9.17) is 14.2 Å². The fourth-order valence-corrected chi connectivity index (χ4v) is 4.81. The summed E-state index contributed by atoms with van der Waals surface area (Å²) in [5.74, 6) is -0.0336. The molecule has 1 aliphatic heterocycles. The maximum atomic E-state index is 13.7. The van der Waals surface area contributed by atoms with Gasteiger partial charge in [-0.3, -0.25) is 9.69 Å². The Morgan fingerprint density at radius 1 is 1.06 bits per heavy atom. The number of carbonyl (C=O) groups is 2. The standard InChI is InChI=1S/C28H35N3O5/c1-4-36-28(33)23(19-21-9-6-5-7-10-21)29-27(32)25-20(2)31(14-13-30-15-17-35-18-16-30)26-22(25)11-8-12-24(26)34-3/h5-12,23H,4,13-19H2,1-3H3,(H,29,32). The number of nitrogens with one attached hydrogen (secondary N) is 1. The van der Waals surface area contributed by atoms with Gasteiger partial charge in [0, 0.05) is 43.7 Å².